The molecule has 0 unspecified atom stereocenters. The van der Waals surface area contributed by atoms with Gasteiger partial charge in [-0.15, -0.1) is 0 Å². The number of aromatic nitrogens is 2. The topological polar surface area (TPSA) is 73.8 Å². The van der Waals surface area contributed by atoms with Crippen LogP contribution in [0, 0.1) is 0 Å². The lowest BCUT2D eigenvalue weighted by Crippen LogP contribution is -2.40. The third kappa shape index (κ3) is 7.52. The van der Waals surface area contributed by atoms with Crippen LogP contribution in [0.3, 0.4) is 0 Å². The average molecular weight is 431 g/mol. The first-order valence-electron chi connectivity index (χ1n) is 11.4. The van der Waals surface area contributed by atoms with Crippen molar-refractivity contribution in [1.82, 2.24) is 20.0 Å². The molecule has 1 aromatic heterocycles. The van der Waals surface area contributed by atoms with E-state index < -0.39 is 6.10 Å². The number of benzene rings is 1. The lowest BCUT2D eigenvalue weighted by atomic mass is 9.94. The van der Waals surface area contributed by atoms with Crippen molar-refractivity contribution in [1.29, 1.82) is 0 Å². The Morgan fingerprint density at radius 2 is 1.97 bits per heavy atom. The summed E-state index contributed by atoms with van der Waals surface area (Å²) in [5.41, 5.74) is 2.37. The van der Waals surface area contributed by atoms with Crippen LogP contribution in [0.4, 0.5) is 0 Å². The van der Waals surface area contributed by atoms with E-state index in [1.165, 1.54) is 37.7 Å². The highest BCUT2D eigenvalue weighted by Gasteiger charge is 2.20. The zero-order chi connectivity index (χ0) is 22.1. The number of likely N-dealkylation sites (N-methyl/N-ethyl adjacent to an activating group) is 2. The van der Waals surface area contributed by atoms with Gasteiger partial charge in [-0.3, -0.25) is 5.10 Å². The Bertz CT molecular complexity index is 762. The smallest absolute Gasteiger partial charge is 0.161 e. The Morgan fingerprint density at radius 1 is 1.16 bits per heavy atom. The predicted molar refractivity (Wildman–Crippen MR) is 123 cm³/mol. The molecule has 0 radical (unpaired) electrons. The van der Waals surface area contributed by atoms with Gasteiger partial charge < -0.3 is 24.4 Å². The second kappa shape index (κ2) is 12.1. The Labute approximate surface area is 186 Å². The molecule has 7 nitrogen and oxygen atoms in total. The van der Waals surface area contributed by atoms with Gasteiger partial charge >= 0.3 is 0 Å². The van der Waals surface area contributed by atoms with E-state index in [1.807, 2.05) is 24.5 Å². The summed E-state index contributed by atoms with van der Waals surface area (Å²) in [4.78, 5) is 4.56. The van der Waals surface area contributed by atoms with Gasteiger partial charge in [-0.05, 0) is 56.6 Å². The van der Waals surface area contributed by atoms with Crippen LogP contribution >= 0.6 is 0 Å². The molecule has 172 valence electrons. The molecule has 0 spiro atoms. The number of nitrogens with one attached hydrogen (secondary N) is 1. The van der Waals surface area contributed by atoms with E-state index in [2.05, 4.69) is 40.2 Å². The maximum absolute atomic E-state index is 10.5. The molecule has 1 heterocycles. The molecule has 1 atom stereocenters. The zero-order valence-corrected chi connectivity index (χ0v) is 19.2. The normalized spacial score (nSPS) is 16.1. The maximum atomic E-state index is 10.5. The third-order valence-electron chi connectivity index (χ3n) is 6.15. The lowest BCUT2D eigenvalue weighted by molar-refractivity contribution is 0.0553. The molecule has 3 rings (SSSR count). The van der Waals surface area contributed by atoms with E-state index >= 15 is 0 Å². The summed E-state index contributed by atoms with van der Waals surface area (Å²) < 4.78 is 11.5. The molecule has 2 aromatic rings. The Hall–Kier alpha value is -2.09. The molecule has 0 amide bonds. The number of ether oxygens (including phenoxy) is 2. The van der Waals surface area contributed by atoms with E-state index in [0.717, 1.165) is 25.1 Å². The molecule has 0 aliphatic heterocycles. The predicted octanol–water partition coefficient (Wildman–Crippen LogP) is 3.10. The Morgan fingerprint density at radius 3 is 2.68 bits per heavy atom. The molecule has 1 saturated carbocycles. The molecule has 1 aliphatic rings. The van der Waals surface area contributed by atoms with Gasteiger partial charge in [0.2, 0.25) is 0 Å². The minimum atomic E-state index is -0.523. The molecule has 31 heavy (non-hydrogen) atoms. The van der Waals surface area contributed by atoms with Crippen molar-refractivity contribution in [2.45, 2.75) is 57.2 Å². The van der Waals surface area contributed by atoms with Crippen molar-refractivity contribution >= 4 is 0 Å². The Balaban J connectivity index is 1.46. The molecular formula is C24H38N4O3. The third-order valence-corrected chi connectivity index (χ3v) is 6.15. The number of aromatic amines is 1. The van der Waals surface area contributed by atoms with Crippen LogP contribution in [0.2, 0.25) is 0 Å². The van der Waals surface area contributed by atoms with E-state index in [1.54, 1.807) is 7.11 Å². The fraction of sp³-hybridized carbons (Fsp3) is 0.625. The van der Waals surface area contributed by atoms with Gasteiger partial charge in [-0.25, -0.2) is 0 Å². The molecular weight excluding hydrogens is 392 g/mol. The number of aliphatic hydroxyl groups excluding tert-OH is 1. The van der Waals surface area contributed by atoms with Gasteiger partial charge in [-0.1, -0.05) is 25.3 Å². The first kappa shape index (κ1) is 23.6. The summed E-state index contributed by atoms with van der Waals surface area (Å²) in [5, 5.41) is 17.3. The number of rotatable bonds is 12. The largest absolute Gasteiger partial charge is 0.493 e. The minimum absolute atomic E-state index is 0.261. The first-order valence-corrected chi connectivity index (χ1v) is 11.4. The van der Waals surface area contributed by atoms with Crippen LogP contribution in [-0.2, 0) is 13.0 Å². The van der Waals surface area contributed by atoms with E-state index in [9.17, 15) is 5.11 Å². The van der Waals surface area contributed by atoms with E-state index in [0.29, 0.717) is 24.1 Å². The van der Waals surface area contributed by atoms with Crippen molar-refractivity contribution in [2.24, 2.45) is 0 Å². The van der Waals surface area contributed by atoms with Crippen LogP contribution in [0.1, 0.15) is 43.2 Å². The van der Waals surface area contributed by atoms with Crippen LogP contribution in [-0.4, -0.2) is 78.2 Å². The second-order valence-electron chi connectivity index (χ2n) is 8.78. The first-order chi connectivity index (χ1) is 15.0. The van der Waals surface area contributed by atoms with Gasteiger partial charge in [0.25, 0.3) is 0 Å². The van der Waals surface area contributed by atoms with Gasteiger partial charge in [0.05, 0.1) is 13.3 Å². The highest BCUT2D eigenvalue weighted by molar-refractivity contribution is 5.43. The van der Waals surface area contributed by atoms with Gasteiger partial charge in [0.1, 0.15) is 12.7 Å². The molecule has 1 fully saturated rings. The van der Waals surface area contributed by atoms with Gasteiger partial charge in [0.15, 0.2) is 11.5 Å². The summed E-state index contributed by atoms with van der Waals surface area (Å²) in [7, 11) is 5.87. The Kier molecular flexibility index (Phi) is 9.18. The SMILES string of the molecule is COc1cc(CN(C)CCc2cn[nH]c2)ccc1OC[C@@H](O)CN(C)C1CCCCC1. The highest BCUT2D eigenvalue weighted by atomic mass is 16.5. The minimum Gasteiger partial charge on any atom is -0.493 e. The fourth-order valence-electron chi connectivity index (χ4n) is 4.30. The molecule has 7 heteroatoms. The second-order valence-corrected chi connectivity index (χ2v) is 8.78. The van der Waals surface area contributed by atoms with Crippen molar-refractivity contribution in [3.63, 3.8) is 0 Å². The van der Waals surface area contributed by atoms with Crippen molar-refractivity contribution < 1.29 is 14.6 Å². The van der Waals surface area contributed by atoms with Crippen molar-refractivity contribution in [2.75, 3.05) is 40.9 Å². The maximum Gasteiger partial charge on any atom is 0.161 e. The molecule has 2 N–H and O–H groups in total. The monoisotopic (exact) mass is 430 g/mol. The number of methoxy groups -OCH3 is 1. The summed E-state index contributed by atoms with van der Waals surface area (Å²) in [6.45, 7) is 2.66. The number of hydrogen-bond donors (Lipinski definition) is 2. The van der Waals surface area contributed by atoms with E-state index in [4.69, 9.17) is 9.47 Å². The highest BCUT2D eigenvalue weighted by Crippen LogP contribution is 2.29. The lowest BCUT2D eigenvalue weighted by Gasteiger charge is -2.32. The summed E-state index contributed by atoms with van der Waals surface area (Å²) in [5.74, 6) is 1.38. The number of aliphatic hydroxyl groups is 1. The molecule has 1 aliphatic carbocycles. The van der Waals surface area contributed by atoms with Crippen LogP contribution in [0.15, 0.2) is 30.6 Å². The summed E-state index contributed by atoms with van der Waals surface area (Å²) in [6, 6.07) is 6.61. The summed E-state index contributed by atoms with van der Waals surface area (Å²) >= 11 is 0. The summed E-state index contributed by atoms with van der Waals surface area (Å²) in [6.07, 6.45) is 10.6. The standard InChI is InChI=1S/C24H38N4O3/c1-27(12-11-20-14-25-26-15-20)16-19-9-10-23(24(13-19)30-3)31-18-22(29)17-28(2)21-7-5-4-6-8-21/h9-10,13-15,21-22,29H,4-8,11-12,16-18H2,1-3H3,(H,25,26)/t22-/m0/s1. The van der Waals surface area contributed by atoms with E-state index in [-0.39, 0.29) is 6.61 Å². The number of H-pyrrole nitrogens is 1. The van der Waals surface area contributed by atoms with Crippen LogP contribution in [0.5, 0.6) is 11.5 Å². The molecule has 0 bridgehead atoms. The number of nitrogens with zero attached hydrogens (tertiary/aromatic N) is 3. The molecule has 1 aromatic carbocycles. The van der Waals surface area contributed by atoms with Gasteiger partial charge in [0, 0.05) is 31.9 Å². The van der Waals surface area contributed by atoms with Crippen molar-refractivity contribution in [3.8, 4) is 11.5 Å². The number of hydrogen-bond acceptors (Lipinski definition) is 6. The van der Waals surface area contributed by atoms with Gasteiger partial charge in [-0.2, -0.15) is 5.10 Å². The quantitative estimate of drug-likeness (QED) is 0.539. The van der Waals surface area contributed by atoms with Crippen LogP contribution < -0.4 is 9.47 Å². The fourth-order valence-corrected chi connectivity index (χ4v) is 4.30. The zero-order valence-electron chi connectivity index (χ0n) is 19.2. The molecule has 0 saturated heterocycles. The van der Waals surface area contributed by atoms with Crippen molar-refractivity contribution in [3.05, 3.63) is 41.7 Å². The van der Waals surface area contributed by atoms with Crippen LogP contribution in [0.25, 0.3) is 0 Å². The average Bonchev–Trinajstić information content (AvgIpc) is 3.31.